The van der Waals surface area contributed by atoms with Crippen molar-refractivity contribution in [1.29, 1.82) is 0 Å². The molecule has 10 heteroatoms. The number of unbranched alkanes of at least 4 members (excludes halogenated alkanes) is 3. The maximum Gasteiger partial charge on any atom is 0.423 e. The molecule has 4 aliphatic carbocycles. The lowest BCUT2D eigenvalue weighted by molar-refractivity contribution is -0.144. The third-order valence-electron chi connectivity index (χ3n) is 12.0. The number of nitrogens with two attached hydrogens (primary N) is 1. The Bertz CT molecular complexity index is 1200. The van der Waals surface area contributed by atoms with Gasteiger partial charge in [0.25, 0.3) is 0 Å². The minimum absolute atomic E-state index is 0.0327. The molecule has 0 bridgehead atoms. The highest BCUT2D eigenvalue weighted by Crippen LogP contribution is 2.53. The van der Waals surface area contributed by atoms with Crippen molar-refractivity contribution in [2.45, 2.75) is 142 Å². The number of carbonyl (C=O) groups excluding carboxylic acids is 4. The van der Waals surface area contributed by atoms with Crippen LogP contribution in [0.2, 0.25) is 0 Å². The number of ether oxygens (including phenoxy) is 2. The van der Waals surface area contributed by atoms with Crippen molar-refractivity contribution >= 4 is 23.9 Å². The Morgan fingerprint density at radius 2 is 1.13 bits per heavy atom. The van der Waals surface area contributed by atoms with Crippen LogP contribution in [0.1, 0.15) is 142 Å². The van der Waals surface area contributed by atoms with E-state index in [1.54, 1.807) is 0 Å². The van der Waals surface area contributed by atoms with E-state index in [4.69, 9.17) is 25.4 Å². The highest BCUT2D eigenvalue weighted by molar-refractivity contribution is 6.13. The molecule has 0 spiro atoms. The van der Waals surface area contributed by atoms with Crippen LogP contribution in [0.25, 0.3) is 0 Å². The number of hydrogen-bond donors (Lipinski definition) is 3. The molecule has 53 heavy (non-hydrogen) atoms. The molecule has 10 nitrogen and oxygen atoms in total. The zero-order chi connectivity index (χ0) is 38.4. The maximum atomic E-state index is 11.8. The van der Waals surface area contributed by atoms with Gasteiger partial charge < -0.3 is 25.4 Å². The summed E-state index contributed by atoms with van der Waals surface area (Å²) in [4.78, 5) is 47.1. The van der Waals surface area contributed by atoms with E-state index in [-0.39, 0.29) is 25.4 Å². The Kier molecular flexibility index (Phi) is 21.2. The van der Waals surface area contributed by atoms with Crippen molar-refractivity contribution in [3.05, 3.63) is 0 Å². The first kappa shape index (κ1) is 44.5. The number of aliphatic hydroxyl groups excluding tert-OH is 2. The predicted molar refractivity (Wildman–Crippen MR) is 205 cm³/mol. The summed E-state index contributed by atoms with van der Waals surface area (Å²) in [7, 11) is 0. The van der Waals surface area contributed by atoms with E-state index in [0.717, 1.165) is 115 Å². The zero-order valence-electron chi connectivity index (χ0n) is 32.7. The Hall–Kier alpha value is -2.92. The third kappa shape index (κ3) is 15.8. The maximum absolute atomic E-state index is 11.8. The second-order valence-electron chi connectivity index (χ2n) is 15.5. The molecule has 0 radical (unpaired) electrons. The number of carbonyl (C=O) groups is 4. The van der Waals surface area contributed by atoms with E-state index in [1.165, 1.54) is 12.8 Å². The van der Waals surface area contributed by atoms with Crippen LogP contribution in [0.15, 0.2) is 0 Å². The molecular formula is C43H68N2O8. The van der Waals surface area contributed by atoms with Crippen LogP contribution < -0.4 is 5.73 Å². The van der Waals surface area contributed by atoms with Crippen molar-refractivity contribution in [3.8, 4) is 23.7 Å². The van der Waals surface area contributed by atoms with E-state index >= 15 is 0 Å². The summed E-state index contributed by atoms with van der Waals surface area (Å²) in [5.74, 6) is 16.3. The summed E-state index contributed by atoms with van der Waals surface area (Å²) in [5, 5.41) is 17.9. The average Bonchev–Trinajstić information content (AvgIpc) is 3.96. The normalized spacial score (nSPS) is 26.2. The van der Waals surface area contributed by atoms with Crippen LogP contribution in [0.3, 0.4) is 0 Å². The van der Waals surface area contributed by atoms with Gasteiger partial charge in [0.2, 0.25) is 11.8 Å². The lowest BCUT2D eigenvalue weighted by Crippen LogP contribution is -2.36. The van der Waals surface area contributed by atoms with E-state index < -0.39 is 17.9 Å². The van der Waals surface area contributed by atoms with Gasteiger partial charge in [-0.05, 0) is 105 Å². The van der Waals surface area contributed by atoms with Gasteiger partial charge in [-0.25, -0.2) is 4.79 Å². The van der Waals surface area contributed by atoms with Gasteiger partial charge in [-0.2, -0.15) is 4.90 Å². The molecule has 2 saturated carbocycles. The van der Waals surface area contributed by atoms with E-state index in [1.807, 2.05) is 0 Å². The first-order valence-electron chi connectivity index (χ1n) is 20.8. The first-order chi connectivity index (χ1) is 25.8. The van der Waals surface area contributed by atoms with Crippen LogP contribution in [-0.4, -0.2) is 72.0 Å². The molecule has 1 heterocycles. The molecule has 3 fully saturated rings. The number of esters is 1. The van der Waals surface area contributed by atoms with Crippen molar-refractivity contribution in [2.75, 3.05) is 33.0 Å². The summed E-state index contributed by atoms with van der Waals surface area (Å²) >= 11 is 0. The Labute approximate surface area is 319 Å². The van der Waals surface area contributed by atoms with E-state index in [2.05, 4.69) is 37.5 Å². The van der Waals surface area contributed by atoms with Gasteiger partial charge in [0, 0.05) is 58.2 Å². The number of fused-ring (bicyclic) bond motifs is 2. The van der Waals surface area contributed by atoms with Crippen LogP contribution >= 0.6 is 0 Å². The highest BCUT2D eigenvalue weighted by Gasteiger charge is 2.50. The number of imide groups is 3. The fourth-order valence-electron chi connectivity index (χ4n) is 8.14. The van der Waals surface area contributed by atoms with Crippen molar-refractivity contribution < 1.29 is 38.9 Å². The van der Waals surface area contributed by atoms with Gasteiger partial charge in [0.15, 0.2) is 0 Å². The van der Waals surface area contributed by atoms with Crippen LogP contribution in [0.5, 0.6) is 0 Å². The smallest absolute Gasteiger partial charge is 0.423 e. The quantitative estimate of drug-likeness (QED) is 0.0597. The first-order valence-corrected chi connectivity index (χ1v) is 20.8. The minimum atomic E-state index is -0.798. The molecule has 4 unspecified atom stereocenters. The van der Waals surface area contributed by atoms with E-state index in [0.29, 0.717) is 66.6 Å². The number of hydrogen-bond acceptors (Lipinski definition) is 9. The van der Waals surface area contributed by atoms with Gasteiger partial charge >= 0.3 is 12.1 Å². The molecule has 298 valence electrons. The number of likely N-dealkylation sites (tertiary alicyclic amines) is 1. The second kappa shape index (κ2) is 25.2. The summed E-state index contributed by atoms with van der Waals surface area (Å²) in [6.45, 7) is 6.56. The fourth-order valence-corrected chi connectivity index (χ4v) is 8.14. The topological polar surface area (TPSA) is 156 Å². The summed E-state index contributed by atoms with van der Waals surface area (Å²) in [6, 6.07) is 0. The summed E-state index contributed by atoms with van der Waals surface area (Å²) in [6.07, 6.45) is 17.9. The molecule has 3 amide bonds. The molecule has 0 aromatic heterocycles. The van der Waals surface area contributed by atoms with Crippen molar-refractivity contribution in [3.63, 3.8) is 0 Å². The van der Waals surface area contributed by atoms with Crippen LogP contribution in [-0.2, 0) is 23.9 Å². The third-order valence-corrected chi connectivity index (χ3v) is 12.0. The second-order valence-corrected chi connectivity index (χ2v) is 15.5. The van der Waals surface area contributed by atoms with E-state index in [9.17, 15) is 19.2 Å². The molecule has 0 aromatic rings. The van der Waals surface area contributed by atoms with Gasteiger partial charge in [-0.3, -0.25) is 14.4 Å². The molecule has 1 aliphatic heterocycles. The van der Waals surface area contributed by atoms with Gasteiger partial charge in [-0.1, -0.05) is 46.0 Å². The minimum Gasteiger partial charge on any atom is -0.465 e. The largest absolute Gasteiger partial charge is 0.465 e. The number of aliphatic hydroxyl groups is 2. The number of rotatable bonds is 18. The Balaban J connectivity index is 0.000000230. The zero-order valence-corrected chi connectivity index (χ0v) is 32.7. The van der Waals surface area contributed by atoms with Crippen LogP contribution in [0.4, 0.5) is 4.79 Å². The average molecular weight is 741 g/mol. The molecular weight excluding hydrogens is 672 g/mol. The van der Waals surface area contributed by atoms with Gasteiger partial charge in [-0.15, -0.1) is 23.7 Å². The molecule has 5 rings (SSSR count). The highest BCUT2D eigenvalue weighted by atomic mass is 16.6. The Morgan fingerprint density at radius 3 is 1.55 bits per heavy atom. The summed E-state index contributed by atoms with van der Waals surface area (Å²) in [5.41, 5.74) is 5.34. The van der Waals surface area contributed by atoms with Crippen molar-refractivity contribution in [2.24, 2.45) is 53.1 Å². The molecule has 8 atom stereocenters. The molecule has 4 N–H and O–H groups in total. The standard InChI is InChI=1S/C20H32O3.C15H17NO4.C8H19NO/c1-2-16(14-21)10-6-5-9-13-20(22)23-15-19-17-11-7-3-4-8-12-18(17)19;17-13-7-8-14(18)16(13)15(19)20-9-12-10-5-3-1-2-4-6-11(10)12;1-2-8(7-10)5-3-4-6-9/h16-19,21H,2,5-15H2,1H3;10-12H,3-9H2;8,10H,2-7,9H2,1H3/t16?,17-,18+,19?;10-,11+,12?;. The summed E-state index contributed by atoms with van der Waals surface area (Å²) < 4.78 is 10.7. The Morgan fingerprint density at radius 1 is 0.698 bits per heavy atom. The predicted octanol–water partition coefficient (Wildman–Crippen LogP) is 6.78. The number of nitrogens with zero attached hydrogens (tertiary/aromatic N) is 1. The SMILES string of the molecule is CCC(CO)CCCCCC(=O)OCC1[C@H]2CCC#CCC[C@@H]12.CCC(CO)CCCCN.O=C1CCC(=O)N1C(=O)OCC1[C@H]2CCC#CCC[C@@H]12. The molecule has 0 aromatic carbocycles. The number of amides is 3. The van der Waals surface area contributed by atoms with Gasteiger partial charge in [0.05, 0.1) is 13.2 Å². The molecule has 5 aliphatic rings. The molecule has 1 saturated heterocycles. The van der Waals surface area contributed by atoms with Crippen molar-refractivity contribution in [1.82, 2.24) is 4.90 Å². The fraction of sp³-hybridized carbons (Fsp3) is 0.814. The lowest BCUT2D eigenvalue weighted by atomic mass is 9.99. The lowest BCUT2D eigenvalue weighted by Gasteiger charge is -2.12. The van der Waals surface area contributed by atoms with Crippen LogP contribution in [0, 0.1) is 71.0 Å². The monoisotopic (exact) mass is 740 g/mol. The van der Waals surface area contributed by atoms with Gasteiger partial charge in [0.1, 0.15) is 0 Å².